The van der Waals surface area contributed by atoms with E-state index in [2.05, 4.69) is 17.2 Å². The highest BCUT2D eigenvalue weighted by Gasteiger charge is 2.12. The number of nitrogens with zero attached hydrogens (tertiary/aromatic N) is 2. The maximum atomic E-state index is 11.4. The van der Waals surface area contributed by atoms with E-state index in [0.29, 0.717) is 6.54 Å². The summed E-state index contributed by atoms with van der Waals surface area (Å²) in [5.74, 6) is 0.0518. The van der Waals surface area contributed by atoms with Gasteiger partial charge in [0.25, 0.3) is 0 Å². The Bertz CT molecular complexity index is 379. The Morgan fingerprint density at radius 3 is 2.79 bits per heavy atom. The number of anilines is 1. The molecule has 1 amide bonds. The van der Waals surface area contributed by atoms with Gasteiger partial charge in [0, 0.05) is 25.4 Å². The summed E-state index contributed by atoms with van der Waals surface area (Å²) in [4.78, 5) is 17.6. The number of carbonyl (C=O) groups excluding carboxylic acids is 1. The van der Waals surface area contributed by atoms with Gasteiger partial charge in [0.1, 0.15) is 0 Å². The van der Waals surface area contributed by atoms with Gasteiger partial charge < -0.3 is 5.32 Å². The number of unbranched alkanes of at least 4 members (excludes halogenated alkanes) is 3. The minimum atomic E-state index is 0.0518. The Kier molecular flexibility index (Phi) is 7.67. The molecule has 0 saturated carbocycles. The van der Waals surface area contributed by atoms with Crippen LogP contribution in [0.3, 0.4) is 0 Å². The molecule has 0 aliphatic heterocycles. The molecule has 0 spiro atoms. The van der Waals surface area contributed by atoms with Crippen molar-refractivity contribution >= 4 is 22.4 Å². The van der Waals surface area contributed by atoms with Crippen molar-refractivity contribution in [3.8, 4) is 0 Å². The van der Waals surface area contributed by atoms with Gasteiger partial charge in [-0.2, -0.15) is 0 Å². The van der Waals surface area contributed by atoms with E-state index >= 15 is 0 Å². The van der Waals surface area contributed by atoms with Crippen LogP contribution < -0.4 is 10.2 Å². The SMILES string of the molecule is CCCCCCNCc1csc(N(CC)C(C)=O)n1. The fourth-order valence-electron chi connectivity index (χ4n) is 1.89. The van der Waals surface area contributed by atoms with E-state index in [4.69, 9.17) is 0 Å². The Hall–Kier alpha value is -0.940. The van der Waals surface area contributed by atoms with Gasteiger partial charge in [0.15, 0.2) is 5.13 Å². The second-order valence-corrected chi connectivity index (χ2v) is 5.46. The molecule has 0 aliphatic rings. The first-order chi connectivity index (χ1) is 9.19. The van der Waals surface area contributed by atoms with Gasteiger partial charge in [-0.3, -0.25) is 9.69 Å². The van der Waals surface area contributed by atoms with Crippen molar-refractivity contribution < 1.29 is 4.79 Å². The summed E-state index contributed by atoms with van der Waals surface area (Å²) in [7, 11) is 0. The van der Waals surface area contributed by atoms with E-state index in [9.17, 15) is 4.79 Å². The number of hydrogen-bond donors (Lipinski definition) is 1. The summed E-state index contributed by atoms with van der Waals surface area (Å²) in [6.07, 6.45) is 5.10. The minimum Gasteiger partial charge on any atom is -0.311 e. The lowest BCUT2D eigenvalue weighted by molar-refractivity contribution is -0.116. The van der Waals surface area contributed by atoms with Crippen molar-refractivity contribution in [3.63, 3.8) is 0 Å². The highest BCUT2D eigenvalue weighted by Crippen LogP contribution is 2.20. The number of rotatable bonds is 9. The van der Waals surface area contributed by atoms with E-state index in [0.717, 1.165) is 23.9 Å². The molecule has 1 N–H and O–H groups in total. The van der Waals surface area contributed by atoms with Gasteiger partial charge in [-0.1, -0.05) is 26.2 Å². The third-order valence-corrected chi connectivity index (χ3v) is 3.89. The van der Waals surface area contributed by atoms with Crippen LogP contribution in [0.15, 0.2) is 5.38 Å². The molecule has 0 aromatic carbocycles. The molecule has 1 aromatic rings. The molecule has 0 radical (unpaired) electrons. The third kappa shape index (κ3) is 5.70. The summed E-state index contributed by atoms with van der Waals surface area (Å²) in [5, 5.41) is 6.23. The van der Waals surface area contributed by atoms with Gasteiger partial charge in [0.05, 0.1) is 5.69 Å². The maximum absolute atomic E-state index is 11.4. The van der Waals surface area contributed by atoms with E-state index in [1.165, 1.54) is 37.0 Å². The summed E-state index contributed by atoms with van der Waals surface area (Å²) < 4.78 is 0. The van der Waals surface area contributed by atoms with E-state index in [-0.39, 0.29) is 5.91 Å². The molecule has 0 aliphatic carbocycles. The zero-order valence-electron chi connectivity index (χ0n) is 12.2. The Labute approximate surface area is 120 Å². The van der Waals surface area contributed by atoms with E-state index < -0.39 is 0 Å². The average Bonchev–Trinajstić information content (AvgIpc) is 2.82. The molecule has 0 unspecified atom stereocenters. The molecule has 0 fully saturated rings. The molecule has 1 aromatic heterocycles. The molecule has 1 heterocycles. The van der Waals surface area contributed by atoms with Crippen molar-refractivity contribution in [2.45, 2.75) is 53.0 Å². The quantitative estimate of drug-likeness (QED) is 0.708. The van der Waals surface area contributed by atoms with Crippen molar-refractivity contribution in [3.05, 3.63) is 11.1 Å². The van der Waals surface area contributed by atoms with Crippen LogP contribution in [0.4, 0.5) is 5.13 Å². The number of carbonyl (C=O) groups is 1. The minimum absolute atomic E-state index is 0.0518. The summed E-state index contributed by atoms with van der Waals surface area (Å²) >= 11 is 1.54. The summed E-state index contributed by atoms with van der Waals surface area (Å²) in [6, 6.07) is 0. The number of aromatic nitrogens is 1. The van der Waals surface area contributed by atoms with Crippen LogP contribution in [0.5, 0.6) is 0 Å². The first-order valence-corrected chi connectivity index (χ1v) is 8.00. The molecule has 5 heteroatoms. The average molecular weight is 283 g/mol. The van der Waals surface area contributed by atoms with Crippen molar-refractivity contribution in [2.24, 2.45) is 0 Å². The zero-order chi connectivity index (χ0) is 14.1. The summed E-state index contributed by atoms with van der Waals surface area (Å²) in [6.45, 7) is 8.27. The van der Waals surface area contributed by atoms with Gasteiger partial charge in [-0.25, -0.2) is 4.98 Å². The van der Waals surface area contributed by atoms with Crippen molar-refractivity contribution in [1.29, 1.82) is 0 Å². The normalized spacial score (nSPS) is 10.7. The number of thiazole rings is 1. The first-order valence-electron chi connectivity index (χ1n) is 7.12. The topological polar surface area (TPSA) is 45.2 Å². The fourth-order valence-corrected chi connectivity index (χ4v) is 2.82. The Morgan fingerprint density at radius 1 is 1.37 bits per heavy atom. The van der Waals surface area contributed by atoms with Gasteiger partial charge in [0.2, 0.25) is 5.91 Å². The number of amides is 1. The highest BCUT2D eigenvalue weighted by molar-refractivity contribution is 7.14. The van der Waals surface area contributed by atoms with Gasteiger partial charge >= 0.3 is 0 Å². The van der Waals surface area contributed by atoms with Gasteiger partial charge in [-0.05, 0) is 19.9 Å². The molecule has 108 valence electrons. The Morgan fingerprint density at radius 2 is 2.16 bits per heavy atom. The highest BCUT2D eigenvalue weighted by atomic mass is 32.1. The van der Waals surface area contributed by atoms with Crippen LogP contribution in [0.25, 0.3) is 0 Å². The second-order valence-electron chi connectivity index (χ2n) is 4.62. The molecular weight excluding hydrogens is 258 g/mol. The van der Waals surface area contributed by atoms with Gasteiger partial charge in [-0.15, -0.1) is 11.3 Å². The lowest BCUT2D eigenvalue weighted by atomic mass is 10.2. The summed E-state index contributed by atoms with van der Waals surface area (Å²) in [5.41, 5.74) is 1.02. The van der Waals surface area contributed by atoms with E-state index in [1.807, 2.05) is 12.3 Å². The molecule has 1 rings (SSSR count). The van der Waals surface area contributed by atoms with Crippen LogP contribution in [-0.4, -0.2) is 24.0 Å². The van der Waals surface area contributed by atoms with Crippen LogP contribution in [0.1, 0.15) is 52.1 Å². The van der Waals surface area contributed by atoms with Crippen LogP contribution in [0.2, 0.25) is 0 Å². The third-order valence-electron chi connectivity index (χ3n) is 2.98. The molecule has 4 nitrogen and oxygen atoms in total. The predicted molar refractivity (Wildman–Crippen MR) is 81.7 cm³/mol. The molecule has 0 atom stereocenters. The standard InChI is InChI=1S/C14H25N3OS/c1-4-6-7-8-9-15-10-13-11-19-14(16-13)17(5-2)12(3)18/h11,15H,4-10H2,1-3H3. The molecular formula is C14H25N3OS. The number of nitrogens with one attached hydrogen (secondary N) is 1. The monoisotopic (exact) mass is 283 g/mol. The largest absolute Gasteiger partial charge is 0.311 e. The number of hydrogen-bond acceptors (Lipinski definition) is 4. The van der Waals surface area contributed by atoms with Crippen LogP contribution >= 0.6 is 11.3 Å². The van der Waals surface area contributed by atoms with Crippen LogP contribution in [-0.2, 0) is 11.3 Å². The van der Waals surface area contributed by atoms with E-state index in [1.54, 1.807) is 11.8 Å². The zero-order valence-corrected chi connectivity index (χ0v) is 13.1. The molecule has 0 bridgehead atoms. The first kappa shape index (κ1) is 16.1. The van der Waals surface area contributed by atoms with Crippen LogP contribution in [0, 0.1) is 0 Å². The second kappa shape index (κ2) is 9.04. The lowest BCUT2D eigenvalue weighted by Gasteiger charge is -2.14. The fraction of sp³-hybridized carbons (Fsp3) is 0.714. The predicted octanol–water partition coefficient (Wildman–Crippen LogP) is 3.19. The lowest BCUT2D eigenvalue weighted by Crippen LogP contribution is -2.27. The molecule has 0 saturated heterocycles. The molecule has 19 heavy (non-hydrogen) atoms. The van der Waals surface area contributed by atoms with Crippen molar-refractivity contribution in [2.75, 3.05) is 18.0 Å². The Balaban J connectivity index is 2.32. The maximum Gasteiger partial charge on any atom is 0.225 e. The smallest absolute Gasteiger partial charge is 0.225 e. The van der Waals surface area contributed by atoms with Crippen molar-refractivity contribution in [1.82, 2.24) is 10.3 Å².